The van der Waals surface area contributed by atoms with E-state index < -0.39 is 11.8 Å². The number of halogens is 1. The molecule has 40 heavy (non-hydrogen) atoms. The third kappa shape index (κ3) is 8.23. The van der Waals surface area contributed by atoms with E-state index in [1.807, 2.05) is 6.07 Å². The number of ether oxygens (including phenoxy) is 1. The van der Waals surface area contributed by atoms with Crippen molar-refractivity contribution >= 4 is 58.5 Å². The smallest absolute Gasteiger partial charge is 0.272 e. The SMILES string of the molecule is COc1cccc(/C=C(\NC(=O)c2ccccc2)C(=O)Nc2ccc(SCC(=O)Nc3ccccc3Cl)cc2)c1. The van der Waals surface area contributed by atoms with Gasteiger partial charge in [0.2, 0.25) is 5.91 Å². The Morgan fingerprint density at radius 1 is 0.850 bits per heavy atom. The molecule has 0 aliphatic heterocycles. The fourth-order valence-corrected chi connectivity index (χ4v) is 4.45. The van der Waals surface area contributed by atoms with Gasteiger partial charge in [0.25, 0.3) is 11.8 Å². The van der Waals surface area contributed by atoms with Crippen LogP contribution in [0.4, 0.5) is 11.4 Å². The van der Waals surface area contributed by atoms with Crippen molar-refractivity contribution in [1.82, 2.24) is 5.32 Å². The zero-order valence-corrected chi connectivity index (χ0v) is 23.1. The van der Waals surface area contributed by atoms with E-state index in [2.05, 4.69) is 16.0 Å². The maximum atomic E-state index is 13.2. The Morgan fingerprint density at radius 2 is 1.57 bits per heavy atom. The molecule has 0 atom stereocenters. The van der Waals surface area contributed by atoms with Crippen molar-refractivity contribution in [1.29, 1.82) is 0 Å². The molecular formula is C31H26ClN3O4S. The summed E-state index contributed by atoms with van der Waals surface area (Å²) in [4.78, 5) is 39.2. The summed E-state index contributed by atoms with van der Waals surface area (Å²) < 4.78 is 5.27. The molecule has 7 nitrogen and oxygen atoms in total. The summed E-state index contributed by atoms with van der Waals surface area (Å²) >= 11 is 7.45. The van der Waals surface area contributed by atoms with Gasteiger partial charge in [-0.15, -0.1) is 11.8 Å². The van der Waals surface area contributed by atoms with Crippen LogP contribution in [0.25, 0.3) is 6.08 Å². The molecule has 0 saturated carbocycles. The van der Waals surface area contributed by atoms with Gasteiger partial charge in [-0.3, -0.25) is 14.4 Å². The molecule has 3 N–H and O–H groups in total. The zero-order valence-electron chi connectivity index (χ0n) is 21.5. The third-order valence-electron chi connectivity index (χ3n) is 5.56. The van der Waals surface area contributed by atoms with Crippen molar-refractivity contribution in [3.05, 3.63) is 125 Å². The first-order chi connectivity index (χ1) is 19.4. The second-order valence-electron chi connectivity index (χ2n) is 8.45. The van der Waals surface area contributed by atoms with Gasteiger partial charge in [0, 0.05) is 16.1 Å². The molecule has 0 radical (unpaired) electrons. The minimum Gasteiger partial charge on any atom is -0.497 e. The molecule has 3 amide bonds. The highest BCUT2D eigenvalue weighted by Gasteiger charge is 2.15. The van der Waals surface area contributed by atoms with E-state index in [0.717, 1.165) is 4.90 Å². The number of carbonyl (C=O) groups is 3. The summed E-state index contributed by atoms with van der Waals surface area (Å²) in [6, 6.07) is 29.9. The lowest BCUT2D eigenvalue weighted by Gasteiger charge is -2.12. The standard InChI is InChI=1S/C31H26ClN3O4S/c1-39-24-11-7-8-21(18-24)19-28(35-30(37)22-9-3-2-4-10-22)31(38)33-23-14-16-25(17-15-23)40-20-29(36)34-27-13-6-5-12-26(27)32/h2-19H,20H2,1H3,(H,33,38)(H,34,36)(H,35,37)/b28-19-. The zero-order chi connectivity index (χ0) is 28.3. The molecule has 4 aromatic carbocycles. The molecule has 0 saturated heterocycles. The lowest BCUT2D eigenvalue weighted by atomic mass is 10.1. The van der Waals surface area contributed by atoms with Crippen LogP contribution >= 0.6 is 23.4 Å². The van der Waals surface area contributed by atoms with Gasteiger partial charge in [0.05, 0.1) is 23.6 Å². The van der Waals surface area contributed by atoms with Gasteiger partial charge >= 0.3 is 0 Å². The van der Waals surface area contributed by atoms with Gasteiger partial charge < -0.3 is 20.7 Å². The molecule has 202 valence electrons. The van der Waals surface area contributed by atoms with Crippen LogP contribution in [-0.2, 0) is 9.59 Å². The second kappa shape index (κ2) is 14.0. The van der Waals surface area contributed by atoms with Crippen molar-refractivity contribution in [3.63, 3.8) is 0 Å². The maximum Gasteiger partial charge on any atom is 0.272 e. The van der Waals surface area contributed by atoms with E-state index in [4.69, 9.17) is 16.3 Å². The maximum absolute atomic E-state index is 13.2. The van der Waals surface area contributed by atoms with Crippen LogP contribution < -0.4 is 20.7 Å². The fraction of sp³-hybridized carbons (Fsp3) is 0.0645. The molecule has 0 aromatic heterocycles. The molecule has 0 unspecified atom stereocenters. The number of hydrogen-bond donors (Lipinski definition) is 3. The lowest BCUT2D eigenvalue weighted by Crippen LogP contribution is -2.30. The number of carbonyl (C=O) groups excluding carboxylic acids is 3. The first-order valence-electron chi connectivity index (χ1n) is 12.2. The Hall–Kier alpha value is -4.53. The van der Waals surface area contributed by atoms with Crippen molar-refractivity contribution < 1.29 is 19.1 Å². The van der Waals surface area contributed by atoms with Gasteiger partial charge in [-0.1, -0.05) is 54.1 Å². The monoisotopic (exact) mass is 571 g/mol. The number of amides is 3. The number of rotatable bonds is 10. The summed E-state index contributed by atoms with van der Waals surface area (Å²) in [5.74, 6) is -0.276. The van der Waals surface area contributed by atoms with Crippen LogP contribution in [-0.4, -0.2) is 30.6 Å². The first kappa shape index (κ1) is 28.5. The number of benzene rings is 4. The van der Waals surface area contributed by atoms with Gasteiger partial charge in [-0.05, 0) is 72.3 Å². The summed E-state index contributed by atoms with van der Waals surface area (Å²) in [6.45, 7) is 0. The van der Waals surface area contributed by atoms with E-state index in [-0.39, 0.29) is 17.4 Å². The molecule has 9 heteroatoms. The minimum absolute atomic E-state index is 0.0665. The van der Waals surface area contributed by atoms with Crippen LogP contribution in [0.2, 0.25) is 5.02 Å². The molecule has 0 aliphatic carbocycles. The molecule has 0 bridgehead atoms. The van der Waals surface area contributed by atoms with Gasteiger partial charge in [-0.25, -0.2) is 0 Å². The second-order valence-corrected chi connectivity index (χ2v) is 9.91. The molecular weight excluding hydrogens is 546 g/mol. The highest BCUT2D eigenvalue weighted by molar-refractivity contribution is 8.00. The molecule has 0 fully saturated rings. The average molecular weight is 572 g/mol. The highest BCUT2D eigenvalue weighted by atomic mass is 35.5. The van der Waals surface area contributed by atoms with Crippen LogP contribution in [0.1, 0.15) is 15.9 Å². The van der Waals surface area contributed by atoms with Crippen molar-refractivity contribution in [2.45, 2.75) is 4.90 Å². The molecule has 0 aliphatic rings. The highest BCUT2D eigenvalue weighted by Crippen LogP contribution is 2.24. The Balaban J connectivity index is 1.42. The van der Waals surface area contributed by atoms with Crippen LogP contribution in [0.3, 0.4) is 0 Å². The Labute approximate surface area is 241 Å². The summed E-state index contributed by atoms with van der Waals surface area (Å²) in [6.07, 6.45) is 1.58. The van der Waals surface area contributed by atoms with Gasteiger partial charge in [0.1, 0.15) is 11.4 Å². The average Bonchev–Trinajstić information content (AvgIpc) is 2.98. The van der Waals surface area contributed by atoms with Gasteiger partial charge in [-0.2, -0.15) is 0 Å². The molecule has 0 heterocycles. The van der Waals surface area contributed by atoms with E-state index in [1.165, 1.54) is 11.8 Å². The first-order valence-corrected chi connectivity index (χ1v) is 13.6. The van der Waals surface area contributed by atoms with Gasteiger partial charge in [0.15, 0.2) is 0 Å². The summed E-state index contributed by atoms with van der Waals surface area (Å²) in [5, 5.41) is 8.80. The Morgan fingerprint density at radius 3 is 2.30 bits per heavy atom. The number of anilines is 2. The third-order valence-corrected chi connectivity index (χ3v) is 6.91. The molecule has 0 spiro atoms. The van der Waals surface area contributed by atoms with E-state index in [0.29, 0.717) is 33.3 Å². The quantitative estimate of drug-likeness (QED) is 0.149. The topological polar surface area (TPSA) is 96.5 Å². The normalized spacial score (nSPS) is 10.9. The van der Waals surface area contributed by atoms with E-state index in [9.17, 15) is 14.4 Å². The number of para-hydroxylation sites is 1. The Kier molecular flexibility index (Phi) is 9.99. The fourth-order valence-electron chi connectivity index (χ4n) is 3.57. The van der Waals surface area contributed by atoms with Crippen LogP contribution in [0.5, 0.6) is 5.75 Å². The molecule has 4 rings (SSSR count). The number of thioether (sulfide) groups is 1. The summed E-state index contributed by atoms with van der Waals surface area (Å²) in [7, 11) is 1.56. The number of methoxy groups -OCH3 is 1. The van der Waals surface area contributed by atoms with E-state index in [1.54, 1.807) is 110 Å². The number of nitrogens with one attached hydrogen (secondary N) is 3. The molecule has 4 aromatic rings. The van der Waals surface area contributed by atoms with Crippen molar-refractivity contribution in [2.75, 3.05) is 23.5 Å². The summed E-state index contributed by atoms with van der Waals surface area (Å²) in [5.41, 5.74) is 2.26. The Bertz CT molecular complexity index is 1530. The number of hydrogen-bond acceptors (Lipinski definition) is 5. The van der Waals surface area contributed by atoms with Crippen LogP contribution in [0, 0.1) is 0 Å². The minimum atomic E-state index is -0.494. The predicted molar refractivity (Wildman–Crippen MR) is 161 cm³/mol. The van der Waals surface area contributed by atoms with Crippen molar-refractivity contribution in [2.24, 2.45) is 0 Å². The largest absolute Gasteiger partial charge is 0.497 e. The lowest BCUT2D eigenvalue weighted by molar-refractivity contribution is -0.114. The predicted octanol–water partition coefficient (Wildman–Crippen LogP) is 6.49. The van der Waals surface area contributed by atoms with Crippen LogP contribution in [0.15, 0.2) is 114 Å². The van der Waals surface area contributed by atoms with E-state index >= 15 is 0 Å². The van der Waals surface area contributed by atoms with Crippen molar-refractivity contribution in [3.8, 4) is 5.75 Å².